The van der Waals surface area contributed by atoms with Crippen LogP contribution >= 0.6 is 0 Å². The highest BCUT2D eigenvalue weighted by Crippen LogP contribution is 2.24. The minimum Gasteiger partial charge on any atom is -0.481 e. The lowest BCUT2D eigenvalue weighted by molar-refractivity contribution is -0.144. The van der Waals surface area contributed by atoms with E-state index in [1.807, 2.05) is 4.98 Å². The largest absolute Gasteiger partial charge is 0.481 e. The Morgan fingerprint density at radius 2 is 1.95 bits per heavy atom. The molecule has 2 unspecified atom stereocenters. The van der Waals surface area contributed by atoms with Crippen LogP contribution in [0.3, 0.4) is 0 Å². The summed E-state index contributed by atoms with van der Waals surface area (Å²) in [6.45, 7) is 0. The summed E-state index contributed by atoms with van der Waals surface area (Å²) < 4.78 is 0. The Bertz CT molecular complexity index is 619. The van der Waals surface area contributed by atoms with Crippen molar-refractivity contribution in [2.45, 2.75) is 38.1 Å². The average molecular weight is 295 g/mol. The second-order valence-corrected chi connectivity index (χ2v) is 5.19. The summed E-state index contributed by atoms with van der Waals surface area (Å²) in [6.07, 6.45) is 2.71. The highest BCUT2D eigenvalue weighted by molar-refractivity contribution is 5.79. The Balaban J connectivity index is 2.01. The van der Waals surface area contributed by atoms with Gasteiger partial charge in [0, 0.05) is 17.8 Å². The van der Waals surface area contributed by atoms with Gasteiger partial charge >= 0.3 is 11.7 Å². The smallest absolute Gasteiger partial charge is 0.325 e. The Labute approximate surface area is 119 Å². The maximum atomic E-state index is 11.9. The monoisotopic (exact) mass is 295 g/mol. The van der Waals surface area contributed by atoms with Crippen LogP contribution in [0.4, 0.5) is 0 Å². The first-order valence-electron chi connectivity index (χ1n) is 6.80. The van der Waals surface area contributed by atoms with Crippen molar-refractivity contribution in [2.75, 3.05) is 0 Å². The molecule has 0 aromatic carbocycles. The number of carbonyl (C=O) groups is 2. The minimum absolute atomic E-state index is 0.165. The van der Waals surface area contributed by atoms with Crippen LogP contribution in [0.1, 0.15) is 31.4 Å². The fourth-order valence-corrected chi connectivity index (χ4v) is 2.64. The molecule has 0 radical (unpaired) electrons. The van der Waals surface area contributed by atoms with Crippen LogP contribution in [0.15, 0.2) is 15.7 Å². The van der Waals surface area contributed by atoms with E-state index in [2.05, 4.69) is 10.3 Å². The number of rotatable bonds is 4. The van der Waals surface area contributed by atoms with Crippen molar-refractivity contribution in [3.8, 4) is 0 Å². The van der Waals surface area contributed by atoms with Gasteiger partial charge in [0.1, 0.15) is 0 Å². The third-order valence-electron chi connectivity index (χ3n) is 3.60. The van der Waals surface area contributed by atoms with Crippen molar-refractivity contribution in [1.82, 2.24) is 15.3 Å². The molecular weight excluding hydrogens is 278 g/mol. The first-order valence-corrected chi connectivity index (χ1v) is 6.80. The van der Waals surface area contributed by atoms with Crippen molar-refractivity contribution in [3.05, 3.63) is 32.6 Å². The summed E-state index contributed by atoms with van der Waals surface area (Å²) in [4.78, 5) is 49.7. The zero-order valence-corrected chi connectivity index (χ0v) is 11.3. The van der Waals surface area contributed by atoms with E-state index >= 15 is 0 Å². The van der Waals surface area contributed by atoms with Crippen molar-refractivity contribution >= 4 is 11.9 Å². The average Bonchev–Trinajstić information content (AvgIpc) is 2.37. The van der Waals surface area contributed by atoms with Gasteiger partial charge in [0.2, 0.25) is 5.91 Å². The Morgan fingerprint density at radius 3 is 2.62 bits per heavy atom. The lowest BCUT2D eigenvalue weighted by atomic mass is 9.84. The molecule has 2 atom stereocenters. The molecule has 1 amide bonds. The molecule has 1 aliphatic carbocycles. The number of H-pyrrole nitrogens is 2. The van der Waals surface area contributed by atoms with E-state index < -0.39 is 35.1 Å². The third-order valence-corrected chi connectivity index (χ3v) is 3.60. The summed E-state index contributed by atoms with van der Waals surface area (Å²) in [5.41, 5.74) is -1.06. The predicted octanol–water partition coefficient (Wildman–Crippen LogP) is -0.635. The minimum atomic E-state index is -0.912. The molecule has 0 spiro atoms. The van der Waals surface area contributed by atoms with Crippen molar-refractivity contribution in [3.63, 3.8) is 0 Å². The molecule has 1 fully saturated rings. The van der Waals surface area contributed by atoms with Gasteiger partial charge in [-0.3, -0.25) is 19.4 Å². The van der Waals surface area contributed by atoms with Crippen molar-refractivity contribution in [2.24, 2.45) is 5.92 Å². The lowest BCUT2D eigenvalue weighted by Gasteiger charge is -2.29. The molecule has 0 aliphatic heterocycles. The zero-order valence-electron chi connectivity index (χ0n) is 11.3. The highest BCUT2D eigenvalue weighted by Gasteiger charge is 2.31. The van der Waals surface area contributed by atoms with Crippen LogP contribution in [0, 0.1) is 5.92 Å². The van der Waals surface area contributed by atoms with Gasteiger partial charge in [-0.15, -0.1) is 0 Å². The Hall–Kier alpha value is -2.38. The number of aromatic amines is 2. The molecule has 21 heavy (non-hydrogen) atoms. The number of amides is 1. The number of nitrogens with one attached hydrogen (secondary N) is 3. The van der Waals surface area contributed by atoms with E-state index in [1.165, 1.54) is 0 Å². The topological polar surface area (TPSA) is 132 Å². The van der Waals surface area contributed by atoms with Crippen LogP contribution < -0.4 is 16.6 Å². The lowest BCUT2D eigenvalue weighted by Crippen LogP contribution is -2.45. The number of aromatic nitrogens is 2. The van der Waals surface area contributed by atoms with E-state index in [1.54, 1.807) is 0 Å². The molecule has 1 aromatic heterocycles. The van der Waals surface area contributed by atoms with Gasteiger partial charge in [0.15, 0.2) is 0 Å². The molecular formula is C13H17N3O5. The van der Waals surface area contributed by atoms with Crippen molar-refractivity contribution in [1.29, 1.82) is 0 Å². The first-order chi connectivity index (χ1) is 9.95. The summed E-state index contributed by atoms with van der Waals surface area (Å²) in [7, 11) is 0. The third kappa shape index (κ3) is 4.04. The maximum absolute atomic E-state index is 11.9. The highest BCUT2D eigenvalue weighted by atomic mass is 16.4. The van der Waals surface area contributed by atoms with Crippen LogP contribution in [0.25, 0.3) is 0 Å². The fourth-order valence-electron chi connectivity index (χ4n) is 2.64. The van der Waals surface area contributed by atoms with E-state index in [9.17, 15) is 19.2 Å². The van der Waals surface area contributed by atoms with Gasteiger partial charge in [0.25, 0.3) is 5.56 Å². The number of hydrogen-bond acceptors (Lipinski definition) is 4. The standard InChI is InChI=1S/C13H17N3O5/c17-10(5-7-6-11(18)16-13(21)14-7)15-9-4-2-1-3-8(9)12(19)20/h6,8-9H,1-5H2,(H,15,17)(H,19,20)(H2,14,16,18,21). The molecule has 0 saturated heterocycles. The first kappa shape index (κ1) is 15.0. The second-order valence-electron chi connectivity index (χ2n) is 5.19. The van der Waals surface area contributed by atoms with Gasteiger partial charge in [-0.25, -0.2) is 4.79 Å². The van der Waals surface area contributed by atoms with Crippen molar-refractivity contribution < 1.29 is 14.7 Å². The van der Waals surface area contributed by atoms with Gasteiger partial charge in [-0.2, -0.15) is 0 Å². The summed E-state index contributed by atoms with van der Waals surface area (Å²) in [5, 5.41) is 11.8. The van der Waals surface area contributed by atoms with Gasteiger partial charge in [-0.1, -0.05) is 12.8 Å². The van der Waals surface area contributed by atoms with Crippen LogP contribution in [-0.4, -0.2) is 33.0 Å². The van der Waals surface area contributed by atoms with Gasteiger partial charge in [-0.05, 0) is 12.8 Å². The maximum Gasteiger partial charge on any atom is 0.325 e. The quantitative estimate of drug-likeness (QED) is 0.587. The van der Waals surface area contributed by atoms with Gasteiger partial charge in [0.05, 0.1) is 12.3 Å². The van der Waals surface area contributed by atoms with E-state index in [0.717, 1.165) is 18.9 Å². The predicted molar refractivity (Wildman–Crippen MR) is 72.9 cm³/mol. The Kier molecular flexibility index (Phi) is 4.56. The zero-order chi connectivity index (χ0) is 15.4. The normalized spacial score (nSPS) is 21.7. The Morgan fingerprint density at radius 1 is 1.24 bits per heavy atom. The number of carboxylic acid groups (broad SMARTS) is 1. The van der Waals surface area contributed by atoms with E-state index in [0.29, 0.717) is 12.8 Å². The SMILES string of the molecule is O=C(Cc1cc(=O)[nH]c(=O)[nH]1)NC1CCCCC1C(=O)O. The van der Waals surface area contributed by atoms with Crippen LogP contribution in [0.2, 0.25) is 0 Å². The molecule has 0 bridgehead atoms. The fraction of sp³-hybridized carbons (Fsp3) is 0.538. The van der Waals surface area contributed by atoms with Crippen LogP contribution in [-0.2, 0) is 16.0 Å². The molecule has 1 saturated carbocycles. The van der Waals surface area contributed by atoms with Gasteiger partial charge < -0.3 is 15.4 Å². The summed E-state index contributed by atoms with van der Waals surface area (Å²) in [6, 6.07) is 0.730. The summed E-state index contributed by atoms with van der Waals surface area (Å²) >= 11 is 0. The molecule has 8 heteroatoms. The second kappa shape index (κ2) is 6.38. The number of hydrogen-bond donors (Lipinski definition) is 4. The molecule has 8 nitrogen and oxygen atoms in total. The molecule has 1 aliphatic rings. The molecule has 114 valence electrons. The number of carbonyl (C=O) groups excluding carboxylic acids is 1. The molecule has 2 rings (SSSR count). The van der Waals surface area contributed by atoms with E-state index in [-0.39, 0.29) is 12.1 Å². The number of aliphatic carboxylic acids is 1. The molecule has 4 N–H and O–H groups in total. The van der Waals surface area contributed by atoms with E-state index in [4.69, 9.17) is 5.11 Å². The van der Waals surface area contributed by atoms with Crippen LogP contribution in [0.5, 0.6) is 0 Å². The summed E-state index contributed by atoms with van der Waals surface area (Å²) in [5.74, 6) is -1.90. The molecule has 1 aromatic rings. The molecule has 1 heterocycles. The number of carboxylic acids is 1.